The van der Waals surface area contributed by atoms with Gasteiger partial charge in [-0.3, -0.25) is 4.79 Å². The summed E-state index contributed by atoms with van der Waals surface area (Å²) in [5.74, 6) is -0.113. The number of carboxylic acids is 1. The summed E-state index contributed by atoms with van der Waals surface area (Å²) in [7, 11) is 0. The van der Waals surface area contributed by atoms with Crippen molar-refractivity contribution < 1.29 is 28.9 Å². The summed E-state index contributed by atoms with van der Waals surface area (Å²) in [4.78, 5) is 22.8. The number of amides is 1. The lowest BCUT2D eigenvalue weighted by Gasteiger charge is -2.24. The second-order valence-corrected chi connectivity index (χ2v) is 5.32. The Morgan fingerprint density at radius 3 is 2.73 bits per heavy atom. The average molecular weight is 356 g/mol. The number of fused-ring (bicyclic) bond motifs is 1. The molecule has 1 heterocycles. The molecule has 2 aromatic rings. The van der Waals surface area contributed by atoms with Crippen molar-refractivity contribution in [1.82, 2.24) is 5.43 Å². The van der Waals surface area contributed by atoms with E-state index < -0.39 is 24.6 Å². The number of hydrogen-bond acceptors (Lipinski definition) is 6. The van der Waals surface area contributed by atoms with E-state index in [9.17, 15) is 9.59 Å². The highest BCUT2D eigenvalue weighted by Crippen LogP contribution is 2.30. The van der Waals surface area contributed by atoms with E-state index in [1.54, 1.807) is 42.5 Å². The molecule has 8 nitrogen and oxygen atoms in total. The third kappa shape index (κ3) is 4.29. The second-order valence-electron chi connectivity index (χ2n) is 5.32. The van der Waals surface area contributed by atoms with E-state index in [1.165, 1.54) is 6.21 Å². The molecule has 0 saturated heterocycles. The summed E-state index contributed by atoms with van der Waals surface area (Å²) in [5.41, 5.74) is 2.91. The molecular weight excluding hydrogens is 340 g/mol. The molecule has 2 aromatic carbocycles. The number of nitrogens with zero attached hydrogens (tertiary/aromatic N) is 1. The maximum atomic E-state index is 12.2. The van der Waals surface area contributed by atoms with Crippen LogP contribution in [0.2, 0.25) is 0 Å². The van der Waals surface area contributed by atoms with Crippen LogP contribution in [0.1, 0.15) is 5.56 Å². The summed E-state index contributed by atoms with van der Waals surface area (Å²) in [6.07, 6.45) is 0.549. The highest BCUT2D eigenvalue weighted by atomic mass is 16.6. The minimum atomic E-state index is -1.08. The summed E-state index contributed by atoms with van der Waals surface area (Å²) in [6.45, 7) is -0.388. The molecule has 1 aliphatic rings. The van der Waals surface area contributed by atoms with Gasteiger partial charge < -0.3 is 19.3 Å². The van der Waals surface area contributed by atoms with Gasteiger partial charge >= 0.3 is 5.97 Å². The summed E-state index contributed by atoms with van der Waals surface area (Å²) < 4.78 is 16.2. The molecule has 0 radical (unpaired) electrons. The molecule has 8 heteroatoms. The largest absolute Gasteiger partial charge is 0.485 e. The predicted octanol–water partition coefficient (Wildman–Crippen LogP) is 1.44. The van der Waals surface area contributed by atoms with Crippen molar-refractivity contribution in [2.24, 2.45) is 5.10 Å². The van der Waals surface area contributed by atoms with Gasteiger partial charge in [0.1, 0.15) is 12.4 Å². The van der Waals surface area contributed by atoms with Crippen LogP contribution in [0, 0.1) is 0 Å². The van der Waals surface area contributed by atoms with Gasteiger partial charge in [-0.1, -0.05) is 24.3 Å². The zero-order chi connectivity index (χ0) is 18.4. The zero-order valence-electron chi connectivity index (χ0n) is 13.6. The molecular formula is C18H16N2O6. The molecule has 134 valence electrons. The van der Waals surface area contributed by atoms with Crippen LogP contribution in [0.3, 0.4) is 0 Å². The Bertz CT molecular complexity index is 836. The van der Waals surface area contributed by atoms with Gasteiger partial charge in [0.25, 0.3) is 5.91 Å². The minimum Gasteiger partial charge on any atom is -0.485 e. The van der Waals surface area contributed by atoms with Crippen LogP contribution in [-0.2, 0) is 9.59 Å². The van der Waals surface area contributed by atoms with Gasteiger partial charge in [0.2, 0.25) is 6.10 Å². The predicted molar refractivity (Wildman–Crippen MR) is 91.7 cm³/mol. The number of rotatable bonds is 6. The number of carbonyl (C=O) groups excluding carboxylic acids is 1. The number of nitrogens with one attached hydrogen (secondary N) is 1. The van der Waals surface area contributed by atoms with Crippen LogP contribution in [0.5, 0.6) is 17.2 Å². The molecule has 3 rings (SSSR count). The minimum absolute atomic E-state index is 0.0800. The first-order chi connectivity index (χ1) is 12.6. The molecule has 0 aliphatic carbocycles. The monoisotopic (exact) mass is 356 g/mol. The Kier molecular flexibility index (Phi) is 5.33. The SMILES string of the molecule is O=C(O)COc1ccccc1/C=N\NC(=O)C1COc2ccccc2O1. The Morgan fingerprint density at radius 2 is 1.92 bits per heavy atom. The van der Waals surface area contributed by atoms with E-state index in [1.807, 2.05) is 6.07 Å². The molecule has 1 unspecified atom stereocenters. The summed E-state index contributed by atoms with van der Waals surface area (Å²) in [6, 6.07) is 13.8. The van der Waals surface area contributed by atoms with Crippen molar-refractivity contribution in [3.8, 4) is 17.2 Å². The van der Waals surface area contributed by atoms with Gasteiger partial charge in [0, 0.05) is 5.56 Å². The normalized spacial score (nSPS) is 15.5. The van der Waals surface area contributed by atoms with E-state index in [-0.39, 0.29) is 6.61 Å². The van der Waals surface area contributed by atoms with Crippen LogP contribution in [0.25, 0.3) is 0 Å². The van der Waals surface area contributed by atoms with Crippen molar-refractivity contribution in [2.75, 3.05) is 13.2 Å². The Morgan fingerprint density at radius 1 is 1.19 bits per heavy atom. The van der Waals surface area contributed by atoms with Crippen LogP contribution in [-0.4, -0.2) is 42.5 Å². The lowest BCUT2D eigenvalue weighted by Crippen LogP contribution is -2.42. The molecule has 0 saturated carbocycles. The van der Waals surface area contributed by atoms with Gasteiger partial charge in [-0.2, -0.15) is 5.10 Å². The lowest BCUT2D eigenvalue weighted by atomic mass is 10.2. The Balaban J connectivity index is 1.59. The van der Waals surface area contributed by atoms with Gasteiger partial charge in [0.05, 0.1) is 6.21 Å². The first-order valence-corrected chi connectivity index (χ1v) is 7.78. The fourth-order valence-corrected chi connectivity index (χ4v) is 2.24. The van der Waals surface area contributed by atoms with Crippen LogP contribution < -0.4 is 19.6 Å². The summed E-state index contributed by atoms with van der Waals surface area (Å²) >= 11 is 0. The number of carbonyl (C=O) groups is 2. The molecule has 1 amide bonds. The highest BCUT2D eigenvalue weighted by Gasteiger charge is 2.26. The lowest BCUT2D eigenvalue weighted by molar-refractivity contribution is -0.139. The molecule has 2 N–H and O–H groups in total. The number of benzene rings is 2. The number of carboxylic acid groups (broad SMARTS) is 1. The fraction of sp³-hybridized carbons (Fsp3) is 0.167. The number of hydrogen-bond donors (Lipinski definition) is 2. The fourth-order valence-electron chi connectivity index (χ4n) is 2.24. The van der Waals surface area contributed by atoms with Gasteiger partial charge in [-0.15, -0.1) is 0 Å². The quantitative estimate of drug-likeness (QED) is 0.599. The van der Waals surface area contributed by atoms with E-state index in [4.69, 9.17) is 19.3 Å². The highest BCUT2D eigenvalue weighted by molar-refractivity contribution is 5.86. The van der Waals surface area contributed by atoms with Crippen LogP contribution >= 0.6 is 0 Å². The van der Waals surface area contributed by atoms with E-state index in [0.717, 1.165) is 0 Å². The molecule has 0 spiro atoms. The van der Waals surface area contributed by atoms with E-state index in [2.05, 4.69) is 10.5 Å². The van der Waals surface area contributed by atoms with Gasteiger partial charge in [0.15, 0.2) is 18.1 Å². The van der Waals surface area contributed by atoms with Crippen molar-refractivity contribution in [3.63, 3.8) is 0 Å². The van der Waals surface area contributed by atoms with Gasteiger partial charge in [-0.25, -0.2) is 10.2 Å². The zero-order valence-corrected chi connectivity index (χ0v) is 13.6. The standard InChI is InChI=1S/C18H16N2O6/c21-17(22)11-25-13-6-2-1-5-12(13)9-19-20-18(23)16-10-24-14-7-3-4-8-15(14)26-16/h1-9,16H,10-11H2,(H,20,23)(H,21,22)/b19-9-. The first-order valence-electron chi connectivity index (χ1n) is 7.78. The first kappa shape index (κ1) is 17.3. The van der Waals surface area contributed by atoms with Crippen LogP contribution in [0.4, 0.5) is 0 Å². The molecule has 1 atom stereocenters. The Hall–Kier alpha value is -3.55. The number of ether oxygens (including phenoxy) is 3. The third-order valence-electron chi connectivity index (χ3n) is 3.45. The molecule has 0 fully saturated rings. The van der Waals surface area contributed by atoms with Crippen molar-refractivity contribution in [2.45, 2.75) is 6.10 Å². The smallest absolute Gasteiger partial charge is 0.341 e. The molecule has 1 aliphatic heterocycles. The van der Waals surface area contributed by atoms with E-state index in [0.29, 0.717) is 22.8 Å². The third-order valence-corrected chi connectivity index (χ3v) is 3.45. The maximum Gasteiger partial charge on any atom is 0.341 e. The number of aliphatic carboxylic acids is 1. The van der Waals surface area contributed by atoms with Crippen molar-refractivity contribution in [1.29, 1.82) is 0 Å². The van der Waals surface area contributed by atoms with Crippen molar-refractivity contribution >= 4 is 18.1 Å². The number of para-hydroxylation sites is 3. The van der Waals surface area contributed by atoms with Crippen molar-refractivity contribution in [3.05, 3.63) is 54.1 Å². The van der Waals surface area contributed by atoms with Gasteiger partial charge in [-0.05, 0) is 24.3 Å². The topological polar surface area (TPSA) is 106 Å². The molecule has 0 aromatic heterocycles. The Labute approximate surface area is 149 Å². The second kappa shape index (κ2) is 8.02. The average Bonchev–Trinajstić information content (AvgIpc) is 2.66. The summed E-state index contributed by atoms with van der Waals surface area (Å²) in [5, 5.41) is 12.6. The number of hydrazone groups is 1. The maximum absolute atomic E-state index is 12.2. The molecule has 0 bridgehead atoms. The molecule has 26 heavy (non-hydrogen) atoms. The van der Waals surface area contributed by atoms with E-state index >= 15 is 0 Å². The van der Waals surface area contributed by atoms with Crippen LogP contribution in [0.15, 0.2) is 53.6 Å².